The van der Waals surface area contributed by atoms with Crippen LogP contribution in [0, 0.1) is 0 Å². The fourth-order valence-electron chi connectivity index (χ4n) is 3.07. The number of phenols is 1. The summed E-state index contributed by atoms with van der Waals surface area (Å²) in [7, 11) is 0. The molecule has 0 radical (unpaired) electrons. The highest BCUT2D eigenvalue weighted by Crippen LogP contribution is 2.32. The van der Waals surface area contributed by atoms with E-state index < -0.39 is 0 Å². The number of aromatic nitrogens is 1. The molecule has 0 aliphatic rings. The fourth-order valence-corrected chi connectivity index (χ4v) is 3.07. The van der Waals surface area contributed by atoms with Gasteiger partial charge in [0.2, 0.25) is 0 Å². The monoisotopic (exact) mass is 293 g/mol. The van der Waals surface area contributed by atoms with Crippen LogP contribution in [0.3, 0.4) is 0 Å². The van der Waals surface area contributed by atoms with Gasteiger partial charge in [-0.25, -0.2) is 0 Å². The number of carbonyl (C=O) groups excluding carboxylic acids is 1. The molecule has 0 amide bonds. The average Bonchev–Trinajstić information content (AvgIpc) is 2.81. The van der Waals surface area contributed by atoms with Crippen LogP contribution < -0.4 is 0 Å². The van der Waals surface area contributed by atoms with Crippen molar-refractivity contribution < 1.29 is 9.90 Å². The van der Waals surface area contributed by atoms with Gasteiger partial charge in [0.1, 0.15) is 5.75 Å². The van der Waals surface area contributed by atoms with Crippen molar-refractivity contribution in [1.82, 2.24) is 4.57 Å². The molecule has 0 atom stereocenters. The molecule has 2 aromatic carbocycles. The lowest BCUT2D eigenvalue weighted by Crippen LogP contribution is -2.07. The number of aldehydes is 1. The number of aromatic hydroxyl groups is 1. The van der Waals surface area contributed by atoms with Gasteiger partial charge in [0.25, 0.3) is 0 Å². The number of hydrogen-bond donors (Lipinski definition) is 1. The van der Waals surface area contributed by atoms with Gasteiger partial charge in [0, 0.05) is 29.3 Å². The molecule has 0 aliphatic carbocycles. The Morgan fingerprint density at radius 3 is 2.50 bits per heavy atom. The van der Waals surface area contributed by atoms with Gasteiger partial charge in [-0.15, -0.1) is 0 Å². The Morgan fingerprint density at radius 1 is 1.14 bits per heavy atom. The van der Waals surface area contributed by atoms with Gasteiger partial charge in [-0.3, -0.25) is 4.79 Å². The minimum Gasteiger partial charge on any atom is -0.508 e. The average molecular weight is 293 g/mol. The van der Waals surface area contributed by atoms with Gasteiger partial charge in [0.15, 0.2) is 6.29 Å². The van der Waals surface area contributed by atoms with Crippen molar-refractivity contribution in [1.29, 1.82) is 0 Å². The normalized spacial score (nSPS) is 11.2. The van der Waals surface area contributed by atoms with Crippen molar-refractivity contribution in [2.75, 3.05) is 0 Å². The molecule has 0 saturated carbocycles. The van der Waals surface area contributed by atoms with Gasteiger partial charge >= 0.3 is 0 Å². The zero-order valence-electron chi connectivity index (χ0n) is 12.8. The van der Waals surface area contributed by atoms with Gasteiger partial charge in [-0.1, -0.05) is 44.2 Å². The van der Waals surface area contributed by atoms with Crippen LogP contribution in [0.2, 0.25) is 0 Å². The molecule has 112 valence electrons. The van der Waals surface area contributed by atoms with Crippen LogP contribution >= 0.6 is 0 Å². The molecule has 0 spiro atoms. The predicted octanol–water partition coefficient (Wildman–Crippen LogP) is 4.33. The first-order valence-corrected chi connectivity index (χ1v) is 7.46. The molecule has 0 fully saturated rings. The maximum absolute atomic E-state index is 11.6. The van der Waals surface area contributed by atoms with Crippen LogP contribution in [0.25, 0.3) is 10.9 Å². The number of rotatable bonds is 4. The van der Waals surface area contributed by atoms with Crippen LogP contribution in [-0.4, -0.2) is 16.0 Å². The first kappa shape index (κ1) is 14.4. The molecule has 1 heterocycles. The molecule has 3 heteroatoms. The Hall–Kier alpha value is -2.55. The zero-order valence-corrected chi connectivity index (χ0v) is 12.8. The summed E-state index contributed by atoms with van der Waals surface area (Å²) < 4.78 is 2.14. The van der Waals surface area contributed by atoms with E-state index in [1.165, 1.54) is 5.56 Å². The molecule has 0 unspecified atom stereocenters. The lowest BCUT2D eigenvalue weighted by molar-refractivity contribution is 0.112. The quantitative estimate of drug-likeness (QED) is 0.727. The third-order valence-electron chi connectivity index (χ3n) is 3.98. The smallest absolute Gasteiger partial charge is 0.152 e. The van der Waals surface area contributed by atoms with E-state index in [0.29, 0.717) is 6.54 Å². The van der Waals surface area contributed by atoms with Crippen molar-refractivity contribution in [2.24, 2.45) is 0 Å². The maximum Gasteiger partial charge on any atom is 0.152 e. The third kappa shape index (κ3) is 2.39. The summed E-state index contributed by atoms with van der Waals surface area (Å²) in [5.41, 5.74) is 3.80. The molecule has 1 N–H and O–H groups in total. The van der Waals surface area contributed by atoms with Crippen LogP contribution in [0.4, 0.5) is 0 Å². The number of fused-ring (bicyclic) bond motifs is 1. The number of nitrogens with zero attached hydrogens (tertiary/aromatic N) is 1. The minimum absolute atomic E-state index is 0.215. The summed E-state index contributed by atoms with van der Waals surface area (Å²) in [4.78, 5) is 11.6. The Morgan fingerprint density at radius 2 is 1.86 bits per heavy atom. The van der Waals surface area contributed by atoms with E-state index in [1.807, 2.05) is 24.3 Å². The predicted molar refractivity (Wildman–Crippen MR) is 88.6 cm³/mol. The van der Waals surface area contributed by atoms with Crippen LogP contribution in [0.5, 0.6) is 5.75 Å². The lowest BCUT2D eigenvalue weighted by Gasteiger charge is -2.14. The maximum atomic E-state index is 11.6. The lowest BCUT2D eigenvalue weighted by atomic mass is 10.0. The van der Waals surface area contributed by atoms with E-state index in [-0.39, 0.29) is 11.7 Å². The second kappa shape index (κ2) is 5.68. The summed E-state index contributed by atoms with van der Waals surface area (Å²) >= 11 is 0. The molecule has 22 heavy (non-hydrogen) atoms. The summed E-state index contributed by atoms with van der Waals surface area (Å²) in [6, 6.07) is 15.3. The molecular formula is C19H19NO2. The van der Waals surface area contributed by atoms with E-state index in [1.54, 1.807) is 12.1 Å². The summed E-state index contributed by atoms with van der Waals surface area (Å²) in [6.07, 6.45) is 0.927. The zero-order chi connectivity index (χ0) is 15.7. The highest BCUT2D eigenvalue weighted by Gasteiger charge is 2.19. The number of carbonyl (C=O) groups is 1. The Bertz CT molecular complexity index is 816. The summed E-state index contributed by atoms with van der Waals surface area (Å²) in [5.74, 6) is 0.436. The van der Waals surface area contributed by atoms with E-state index in [0.717, 1.165) is 28.4 Å². The highest BCUT2D eigenvalue weighted by molar-refractivity contribution is 6.00. The Labute approximate surface area is 129 Å². The van der Waals surface area contributed by atoms with Crippen molar-refractivity contribution in [3.05, 3.63) is 65.4 Å². The standard InChI is InChI=1S/C19H19NO2/c1-13(2)19-17(12-21)16-9-8-15(22)10-18(16)20(19)11-14-6-4-3-5-7-14/h3-10,12-13,22H,11H2,1-2H3. The second-order valence-corrected chi connectivity index (χ2v) is 5.84. The van der Waals surface area contributed by atoms with E-state index >= 15 is 0 Å². The van der Waals surface area contributed by atoms with Crippen LogP contribution in [0.1, 0.15) is 41.4 Å². The number of benzene rings is 2. The Balaban J connectivity index is 2.28. The molecular weight excluding hydrogens is 274 g/mol. The molecule has 0 saturated heterocycles. The van der Waals surface area contributed by atoms with Crippen molar-refractivity contribution in [2.45, 2.75) is 26.3 Å². The summed E-state index contributed by atoms with van der Waals surface area (Å²) in [6.45, 7) is 4.85. The molecule has 3 aromatic rings. The van der Waals surface area contributed by atoms with E-state index in [9.17, 15) is 9.90 Å². The van der Waals surface area contributed by atoms with Crippen LogP contribution in [0.15, 0.2) is 48.5 Å². The largest absolute Gasteiger partial charge is 0.508 e. The van der Waals surface area contributed by atoms with Crippen molar-refractivity contribution >= 4 is 17.2 Å². The molecule has 1 aromatic heterocycles. The first-order valence-electron chi connectivity index (χ1n) is 7.46. The summed E-state index contributed by atoms with van der Waals surface area (Å²) in [5, 5.41) is 10.7. The van der Waals surface area contributed by atoms with Gasteiger partial charge in [-0.2, -0.15) is 0 Å². The third-order valence-corrected chi connectivity index (χ3v) is 3.98. The molecule has 3 rings (SSSR count). The van der Waals surface area contributed by atoms with E-state index in [2.05, 4.69) is 30.5 Å². The number of hydrogen-bond acceptors (Lipinski definition) is 2. The SMILES string of the molecule is CC(C)c1c(C=O)c2ccc(O)cc2n1Cc1ccccc1. The first-order chi connectivity index (χ1) is 10.6. The fraction of sp³-hybridized carbons (Fsp3) is 0.211. The van der Waals surface area contributed by atoms with Crippen LogP contribution in [-0.2, 0) is 6.54 Å². The second-order valence-electron chi connectivity index (χ2n) is 5.84. The van der Waals surface area contributed by atoms with Gasteiger partial charge in [-0.05, 0) is 23.6 Å². The van der Waals surface area contributed by atoms with Gasteiger partial charge < -0.3 is 9.67 Å². The van der Waals surface area contributed by atoms with E-state index in [4.69, 9.17) is 0 Å². The molecule has 3 nitrogen and oxygen atoms in total. The van der Waals surface area contributed by atoms with Gasteiger partial charge in [0.05, 0.1) is 5.52 Å². The van der Waals surface area contributed by atoms with Crippen molar-refractivity contribution in [3.63, 3.8) is 0 Å². The number of phenolic OH excluding ortho intramolecular Hbond substituents is 1. The molecule has 0 aliphatic heterocycles. The Kier molecular flexibility index (Phi) is 3.72. The topological polar surface area (TPSA) is 42.2 Å². The minimum atomic E-state index is 0.215. The molecule has 0 bridgehead atoms. The van der Waals surface area contributed by atoms with Crippen molar-refractivity contribution in [3.8, 4) is 5.75 Å². The highest BCUT2D eigenvalue weighted by atomic mass is 16.3.